The molecule has 8 heteroatoms. The number of hydrogen-bond acceptors (Lipinski definition) is 6. The lowest BCUT2D eigenvalue weighted by Crippen LogP contribution is -2.19. The maximum absolute atomic E-state index is 13.2. The van der Waals surface area contributed by atoms with Gasteiger partial charge in [-0.25, -0.2) is 4.79 Å². The molecule has 3 aromatic rings. The summed E-state index contributed by atoms with van der Waals surface area (Å²) < 4.78 is 5.08. The summed E-state index contributed by atoms with van der Waals surface area (Å²) in [4.78, 5) is 39.5. The second kappa shape index (κ2) is 10.5. The molecule has 36 heavy (non-hydrogen) atoms. The number of rotatable bonds is 8. The van der Waals surface area contributed by atoms with E-state index in [1.165, 1.54) is 0 Å². The number of primary amides is 1. The Hall–Kier alpha value is -4.43. The van der Waals surface area contributed by atoms with Crippen LogP contribution in [0.3, 0.4) is 0 Å². The molecule has 1 heterocycles. The molecule has 0 saturated heterocycles. The molecule has 0 aromatic heterocycles. The highest BCUT2D eigenvalue weighted by molar-refractivity contribution is 6.37. The minimum Gasteiger partial charge on any atom is -0.462 e. The monoisotopic (exact) mass is 484 g/mol. The zero-order chi connectivity index (χ0) is 25.8. The summed E-state index contributed by atoms with van der Waals surface area (Å²) in [7, 11) is 3.83. The molecule has 3 aromatic carbocycles. The van der Waals surface area contributed by atoms with Crippen molar-refractivity contribution >= 4 is 40.4 Å². The number of nitrogens with one attached hydrogen (secondary N) is 2. The molecule has 0 atom stereocenters. The number of benzene rings is 3. The van der Waals surface area contributed by atoms with Crippen molar-refractivity contribution in [1.29, 1.82) is 0 Å². The highest BCUT2D eigenvalue weighted by Crippen LogP contribution is 2.38. The van der Waals surface area contributed by atoms with Gasteiger partial charge in [0.1, 0.15) is 0 Å². The summed E-state index contributed by atoms with van der Waals surface area (Å²) in [5.41, 5.74) is 10.8. The van der Waals surface area contributed by atoms with Crippen LogP contribution in [0.1, 0.15) is 44.3 Å². The molecule has 0 aliphatic carbocycles. The number of hydrogen-bond donors (Lipinski definition) is 3. The number of anilines is 2. The van der Waals surface area contributed by atoms with E-state index in [0.29, 0.717) is 45.9 Å². The van der Waals surface area contributed by atoms with Gasteiger partial charge in [-0.3, -0.25) is 9.59 Å². The third-order valence-electron chi connectivity index (χ3n) is 5.72. The number of carbonyl (C=O) groups is 3. The lowest BCUT2D eigenvalue weighted by molar-refractivity contribution is -0.110. The zero-order valence-corrected chi connectivity index (χ0v) is 20.4. The summed E-state index contributed by atoms with van der Waals surface area (Å²) in [5, 5.41) is 6.20. The van der Waals surface area contributed by atoms with Gasteiger partial charge >= 0.3 is 5.97 Å². The molecular formula is C28H28N4O4. The first kappa shape index (κ1) is 24.7. The van der Waals surface area contributed by atoms with Gasteiger partial charge in [0, 0.05) is 23.4 Å². The highest BCUT2D eigenvalue weighted by Gasteiger charge is 2.29. The molecule has 0 fully saturated rings. The molecular weight excluding hydrogens is 456 g/mol. The Labute approximate surface area is 209 Å². The molecule has 184 valence electrons. The SMILES string of the molecule is CCOC(=O)c1ccc2c(c1)NC(=O)/C2=C(\Nc1ccc(CN(C)C)c(C(N)=O)c1)c1ccccc1. The van der Waals surface area contributed by atoms with E-state index in [1.807, 2.05) is 61.5 Å². The van der Waals surface area contributed by atoms with Crippen LogP contribution < -0.4 is 16.4 Å². The van der Waals surface area contributed by atoms with E-state index in [-0.39, 0.29) is 12.5 Å². The fourth-order valence-corrected chi connectivity index (χ4v) is 4.15. The Morgan fingerprint density at radius 3 is 2.42 bits per heavy atom. The van der Waals surface area contributed by atoms with E-state index in [2.05, 4.69) is 10.6 Å². The van der Waals surface area contributed by atoms with Crippen molar-refractivity contribution in [2.24, 2.45) is 5.73 Å². The summed E-state index contributed by atoms with van der Waals surface area (Å²) >= 11 is 0. The first-order valence-electron chi connectivity index (χ1n) is 11.6. The van der Waals surface area contributed by atoms with Gasteiger partial charge in [0.15, 0.2) is 0 Å². The number of amides is 2. The normalized spacial score (nSPS) is 13.7. The minimum absolute atomic E-state index is 0.260. The number of carbonyl (C=O) groups excluding carboxylic acids is 3. The van der Waals surface area contributed by atoms with Crippen molar-refractivity contribution in [2.45, 2.75) is 13.5 Å². The van der Waals surface area contributed by atoms with Crippen molar-refractivity contribution in [3.8, 4) is 0 Å². The zero-order valence-electron chi connectivity index (χ0n) is 20.4. The van der Waals surface area contributed by atoms with Crippen molar-refractivity contribution in [3.05, 3.63) is 94.5 Å². The van der Waals surface area contributed by atoms with Crippen molar-refractivity contribution in [2.75, 3.05) is 31.3 Å². The van der Waals surface area contributed by atoms with E-state index in [0.717, 1.165) is 11.1 Å². The van der Waals surface area contributed by atoms with Gasteiger partial charge in [-0.1, -0.05) is 42.5 Å². The highest BCUT2D eigenvalue weighted by atomic mass is 16.5. The van der Waals surface area contributed by atoms with Crippen LogP contribution in [0.15, 0.2) is 66.7 Å². The van der Waals surface area contributed by atoms with Crippen LogP contribution in [-0.2, 0) is 16.1 Å². The summed E-state index contributed by atoms with van der Waals surface area (Å²) in [5.74, 6) is -1.29. The van der Waals surface area contributed by atoms with E-state index < -0.39 is 11.9 Å². The van der Waals surface area contributed by atoms with E-state index >= 15 is 0 Å². The van der Waals surface area contributed by atoms with Crippen molar-refractivity contribution < 1.29 is 19.1 Å². The van der Waals surface area contributed by atoms with Gasteiger partial charge < -0.3 is 26.0 Å². The smallest absolute Gasteiger partial charge is 0.338 e. The van der Waals surface area contributed by atoms with E-state index in [1.54, 1.807) is 31.2 Å². The van der Waals surface area contributed by atoms with Gasteiger partial charge in [0.2, 0.25) is 5.91 Å². The average Bonchev–Trinajstić information content (AvgIpc) is 3.18. The van der Waals surface area contributed by atoms with Gasteiger partial charge in [-0.15, -0.1) is 0 Å². The molecule has 0 unspecified atom stereocenters. The van der Waals surface area contributed by atoms with E-state index in [4.69, 9.17) is 10.5 Å². The fraction of sp³-hybridized carbons (Fsp3) is 0.179. The Morgan fingerprint density at radius 1 is 1.00 bits per heavy atom. The molecule has 4 N–H and O–H groups in total. The Balaban J connectivity index is 1.82. The standard InChI is InChI=1S/C28H28N4O4/c1-4-36-28(35)18-11-13-21-23(14-18)31-27(34)24(21)25(17-8-6-5-7-9-17)30-20-12-10-19(16-32(2)3)22(15-20)26(29)33/h5-15,30H,4,16H2,1-3H3,(H2,29,33)(H,31,34)/b25-24-. The van der Waals surface area contributed by atoms with E-state index in [9.17, 15) is 14.4 Å². The van der Waals surface area contributed by atoms with Crippen LogP contribution in [0.2, 0.25) is 0 Å². The summed E-state index contributed by atoms with van der Waals surface area (Å²) in [6, 6.07) is 19.8. The first-order chi connectivity index (χ1) is 17.3. The lowest BCUT2D eigenvalue weighted by Gasteiger charge is -2.17. The second-order valence-electron chi connectivity index (χ2n) is 8.65. The molecule has 4 rings (SSSR count). The summed E-state index contributed by atoms with van der Waals surface area (Å²) in [6.45, 7) is 2.56. The lowest BCUT2D eigenvalue weighted by atomic mass is 9.98. The molecule has 2 amide bonds. The topological polar surface area (TPSA) is 114 Å². The molecule has 0 spiro atoms. The second-order valence-corrected chi connectivity index (χ2v) is 8.65. The molecule has 0 bridgehead atoms. The minimum atomic E-state index is -0.528. The van der Waals surface area contributed by atoms with Crippen LogP contribution in [0.5, 0.6) is 0 Å². The maximum Gasteiger partial charge on any atom is 0.338 e. The quantitative estimate of drug-likeness (QED) is 0.330. The van der Waals surface area contributed by atoms with Crippen LogP contribution in [0, 0.1) is 0 Å². The number of ether oxygens (including phenoxy) is 1. The van der Waals surface area contributed by atoms with Crippen molar-refractivity contribution in [1.82, 2.24) is 4.90 Å². The number of nitrogens with two attached hydrogens (primary N) is 1. The molecule has 0 saturated carbocycles. The average molecular weight is 485 g/mol. The Kier molecular flexibility index (Phi) is 7.17. The van der Waals surface area contributed by atoms with Gasteiger partial charge in [0.25, 0.3) is 5.91 Å². The predicted octanol–water partition coefficient (Wildman–Crippen LogP) is 3.96. The van der Waals surface area contributed by atoms with Crippen LogP contribution in [0.4, 0.5) is 11.4 Å². The van der Waals surface area contributed by atoms with Crippen molar-refractivity contribution in [3.63, 3.8) is 0 Å². The number of esters is 1. The third-order valence-corrected chi connectivity index (χ3v) is 5.72. The Morgan fingerprint density at radius 2 is 1.75 bits per heavy atom. The van der Waals surface area contributed by atoms with Crippen LogP contribution >= 0.6 is 0 Å². The van der Waals surface area contributed by atoms with Gasteiger partial charge in [0.05, 0.1) is 29.1 Å². The molecule has 1 aliphatic rings. The van der Waals surface area contributed by atoms with Gasteiger partial charge in [-0.2, -0.15) is 0 Å². The van der Waals surface area contributed by atoms with Gasteiger partial charge in [-0.05, 0) is 56.4 Å². The predicted molar refractivity (Wildman–Crippen MR) is 140 cm³/mol. The van der Waals surface area contributed by atoms with Crippen LogP contribution in [-0.4, -0.2) is 43.4 Å². The first-order valence-corrected chi connectivity index (χ1v) is 11.6. The molecule has 0 radical (unpaired) electrons. The largest absolute Gasteiger partial charge is 0.462 e. The number of nitrogens with zero attached hydrogens (tertiary/aromatic N) is 1. The molecule has 8 nitrogen and oxygen atoms in total. The Bertz CT molecular complexity index is 1360. The number of fused-ring (bicyclic) bond motifs is 1. The fourth-order valence-electron chi connectivity index (χ4n) is 4.15. The third kappa shape index (κ3) is 5.13. The summed E-state index contributed by atoms with van der Waals surface area (Å²) in [6.07, 6.45) is 0. The maximum atomic E-state index is 13.2. The van der Waals surface area contributed by atoms with Crippen LogP contribution in [0.25, 0.3) is 11.3 Å². The molecule has 1 aliphatic heterocycles.